The second-order valence-electron chi connectivity index (χ2n) is 2.05. The van der Waals surface area contributed by atoms with Gasteiger partial charge in [0, 0.05) is 11.3 Å². The Kier molecular flexibility index (Phi) is 2.47. The number of aldehydes is 1. The van der Waals surface area contributed by atoms with Gasteiger partial charge in [-0.05, 0) is 13.0 Å². The number of aryl methyl sites for hydroxylation is 1. The van der Waals surface area contributed by atoms with Gasteiger partial charge in [0.15, 0.2) is 6.29 Å². The minimum atomic E-state index is 0.231. The Morgan fingerprint density at radius 1 is 1.55 bits per heavy atom. The van der Waals surface area contributed by atoms with E-state index >= 15 is 0 Å². The van der Waals surface area contributed by atoms with Crippen molar-refractivity contribution in [1.29, 1.82) is 0 Å². The topological polar surface area (TPSA) is 30.0 Å². The van der Waals surface area contributed by atoms with Crippen LogP contribution in [0.1, 0.15) is 16.1 Å². The van der Waals surface area contributed by atoms with E-state index in [1.165, 1.54) is 6.07 Å². The Labute approximate surface area is 74.1 Å². The molecule has 0 aliphatic rings. The molecule has 1 aromatic rings. The van der Waals surface area contributed by atoms with E-state index in [4.69, 9.17) is 23.2 Å². The first kappa shape index (κ1) is 8.50. The quantitative estimate of drug-likeness (QED) is 0.503. The summed E-state index contributed by atoms with van der Waals surface area (Å²) in [5, 5.41) is 0.536. The summed E-state index contributed by atoms with van der Waals surface area (Å²) in [6.07, 6.45) is 0.699. The fourth-order valence-corrected chi connectivity index (χ4v) is 1.03. The largest absolute Gasteiger partial charge is 0.298 e. The molecule has 58 valence electrons. The highest BCUT2D eigenvalue weighted by Gasteiger charge is 2.03. The molecule has 0 bridgehead atoms. The van der Waals surface area contributed by atoms with Crippen LogP contribution in [0, 0.1) is 6.92 Å². The van der Waals surface area contributed by atoms with Crippen LogP contribution in [0.4, 0.5) is 0 Å². The Balaban J connectivity index is 3.31. The molecule has 0 aliphatic heterocycles. The lowest BCUT2D eigenvalue weighted by Gasteiger charge is -1.98. The number of hydrogen-bond acceptors (Lipinski definition) is 2. The van der Waals surface area contributed by atoms with Crippen LogP contribution in [0.2, 0.25) is 10.2 Å². The predicted octanol–water partition coefficient (Wildman–Crippen LogP) is 2.51. The smallest absolute Gasteiger partial charge is 0.151 e. The molecule has 0 atom stereocenters. The van der Waals surface area contributed by atoms with Crippen molar-refractivity contribution in [1.82, 2.24) is 4.98 Å². The van der Waals surface area contributed by atoms with Crippen molar-refractivity contribution in [3.63, 3.8) is 0 Å². The molecule has 0 fully saturated rings. The predicted molar refractivity (Wildman–Crippen MR) is 44.4 cm³/mol. The molecule has 0 amide bonds. The summed E-state index contributed by atoms with van der Waals surface area (Å²) in [6, 6.07) is 1.50. The average molecular weight is 190 g/mol. The Hall–Kier alpha value is -0.600. The van der Waals surface area contributed by atoms with Crippen molar-refractivity contribution >= 4 is 29.5 Å². The van der Waals surface area contributed by atoms with Crippen molar-refractivity contribution in [3.05, 3.63) is 27.5 Å². The van der Waals surface area contributed by atoms with Gasteiger partial charge < -0.3 is 0 Å². The van der Waals surface area contributed by atoms with Crippen LogP contribution >= 0.6 is 23.2 Å². The minimum absolute atomic E-state index is 0.231. The van der Waals surface area contributed by atoms with Gasteiger partial charge in [-0.3, -0.25) is 4.79 Å². The van der Waals surface area contributed by atoms with Crippen LogP contribution in [-0.4, -0.2) is 11.3 Å². The van der Waals surface area contributed by atoms with E-state index in [9.17, 15) is 4.79 Å². The normalized spacial score (nSPS) is 9.73. The van der Waals surface area contributed by atoms with Gasteiger partial charge in [0.1, 0.15) is 5.15 Å². The highest BCUT2D eigenvalue weighted by atomic mass is 35.5. The molecule has 2 nitrogen and oxygen atoms in total. The third-order valence-electron chi connectivity index (χ3n) is 1.29. The molecule has 0 aliphatic carbocycles. The first-order chi connectivity index (χ1) is 5.15. The molecule has 0 unspecified atom stereocenters. The van der Waals surface area contributed by atoms with Gasteiger partial charge in [-0.15, -0.1) is 0 Å². The second kappa shape index (κ2) is 3.20. The molecule has 1 rings (SSSR count). The number of nitrogens with zero attached hydrogens (tertiary/aromatic N) is 1. The molecule has 1 heterocycles. The number of pyridine rings is 1. The molecule has 11 heavy (non-hydrogen) atoms. The molecule has 0 N–H and O–H groups in total. The maximum absolute atomic E-state index is 10.3. The van der Waals surface area contributed by atoms with Crippen LogP contribution < -0.4 is 0 Å². The molecular weight excluding hydrogens is 185 g/mol. The van der Waals surface area contributed by atoms with Gasteiger partial charge in [-0.1, -0.05) is 23.2 Å². The standard InChI is InChI=1S/C7H5Cl2NO/c1-4-5(3-11)2-6(8)7(9)10-4/h2-3H,1H3. The highest BCUT2D eigenvalue weighted by molar-refractivity contribution is 6.41. The molecule has 0 aromatic carbocycles. The third kappa shape index (κ3) is 1.70. The first-order valence-corrected chi connectivity index (χ1v) is 3.68. The number of hydrogen-bond donors (Lipinski definition) is 0. The van der Waals surface area contributed by atoms with Gasteiger partial charge in [-0.25, -0.2) is 4.98 Å². The minimum Gasteiger partial charge on any atom is -0.298 e. The molecule has 1 aromatic heterocycles. The fourth-order valence-electron chi connectivity index (χ4n) is 0.685. The number of carbonyl (C=O) groups excluding carboxylic acids is 1. The SMILES string of the molecule is Cc1nc(Cl)c(Cl)cc1C=O. The number of halogens is 2. The number of rotatable bonds is 1. The lowest BCUT2D eigenvalue weighted by atomic mass is 10.2. The summed E-state index contributed by atoms with van der Waals surface area (Å²) in [5.41, 5.74) is 1.06. The van der Waals surface area contributed by atoms with Crippen molar-refractivity contribution in [2.45, 2.75) is 6.92 Å². The van der Waals surface area contributed by atoms with E-state index in [2.05, 4.69) is 4.98 Å². The van der Waals surface area contributed by atoms with Gasteiger partial charge in [0.05, 0.1) is 5.02 Å². The van der Waals surface area contributed by atoms with E-state index in [0.717, 1.165) is 0 Å². The zero-order valence-corrected chi connectivity index (χ0v) is 7.28. The molecular formula is C7H5Cl2NO. The molecule has 4 heteroatoms. The second-order valence-corrected chi connectivity index (χ2v) is 2.82. The molecule has 0 saturated carbocycles. The molecule has 0 spiro atoms. The Morgan fingerprint density at radius 2 is 2.18 bits per heavy atom. The number of carbonyl (C=O) groups is 1. The summed E-state index contributed by atoms with van der Waals surface area (Å²) in [5.74, 6) is 0. The lowest BCUT2D eigenvalue weighted by molar-refractivity contribution is 0.112. The summed E-state index contributed by atoms with van der Waals surface area (Å²) in [6.45, 7) is 1.70. The van der Waals surface area contributed by atoms with Gasteiger partial charge in [0.25, 0.3) is 0 Å². The zero-order valence-electron chi connectivity index (χ0n) is 5.77. The highest BCUT2D eigenvalue weighted by Crippen LogP contribution is 2.21. The van der Waals surface area contributed by atoms with Gasteiger partial charge in [-0.2, -0.15) is 0 Å². The summed E-state index contributed by atoms with van der Waals surface area (Å²) >= 11 is 11.2. The maximum Gasteiger partial charge on any atom is 0.151 e. The fraction of sp³-hybridized carbons (Fsp3) is 0.143. The van der Waals surface area contributed by atoms with Crippen LogP contribution in [0.25, 0.3) is 0 Å². The third-order valence-corrected chi connectivity index (χ3v) is 1.96. The Morgan fingerprint density at radius 3 is 2.73 bits per heavy atom. The van der Waals surface area contributed by atoms with Gasteiger partial charge in [0.2, 0.25) is 0 Å². The zero-order chi connectivity index (χ0) is 8.43. The lowest BCUT2D eigenvalue weighted by Crippen LogP contribution is -1.91. The average Bonchev–Trinajstić information content (AvgIpc) is 1.97. The van der Waals surface area contributed by atoms with E-state index < -0.39 is 0 Å². The monoisotopic (exact) mass is 189 g/mol. The van der Waals surface area contributed by atoms with Crippen molar-refractivity contribution in [3.8, 4) is 0 Å². The molecule has 0 saturated heterocycles. The van der Waals surface area contributed by atoms with Crippen molar-refractivity contribution in [2.24, 2.45) is 0 Å². The Bertz CT molecular complexity index is 299. The summed E-state index contributed by atoms with van der Waals surface area (Å²) in [4.78, 5) is 14.2. The van der Waals surface area contributed by atoms with E-state index in [-0.39, 0.29) is 5.15 Å². The summed E-state index contributed by atoms with van der Waals surface area (Å²) < 4.78 is 0. The van der Waals surface area contributed by atoms with Crippen LogP contribution in [0.3, 0.4) is 0 Å². The number of aromatic nitrogens is 1. The van der Waals surface area contributed by atoms with Crippen molar-refractivity contribution in [2.75, 3.05) is 0 Å². The van der Waals surface area contributed by atoms with E-state index in [0.29, 0.717) is 22.6 Å². The summed E-state index contributed by atoms with van der Waals surface area (Å²) in [7, 11) is 0. The first-order valence-electron chi connectivity index (χ1n) is 2.93. The molecule has 0 radical (unpaired) electrons. The van der Waals surface area contributed by atoms with E-state index in [1.54, 1.807) is 6.92 Å². The van der Waals surface area contributed by atoms with Crippen LogP contribution in [0.15, 0.2) is 6.07 Å². The maximum atomic E-state index is 10.3. The van der Waals surface area contributed by atoms with Gasteiger partial charge >= 0.3 is 0 Å². The van der Waals surface area contributed by atoms with E-state index in [1.807, 2.05) is 0 Å². The van der Waals surface area contributed by atoms with Crippen LogP contribution in [0.5, 0.6) is 0 Å². The van der Waals surface area contributed by atoms with Crippen LogP contribution in [-0.2, 0) is 0 Å². The van der Waals surface area contributed by atoms with Crippen molar-refractivity contribution < 1.29 is 4.79 Å².